The van der Waals surface area contributed by atoms with Gasteiger partial charge in [0.2, 0.25) is 5.91 Å². The lowest BCUT2D eigenvalue weighted by Crippen LogP contribution is -2.63. The number of carbonyl (C=O) groups is 2. The second kappa shape index (κ2) is 10.3. The van der Waals surface area contributed by atoms with Crippen LogP contribution < -0.4 is 10.6 Å². The molecule has 2 amide bonds. The molecule has 2 spiro atoms. The van der Waals surface area contributed by atoms with Crippen molar-refractivity contribution in [3.8, 4) is 11.1 Å². The number of hydrogen-bond acceptors (Lipinski definition) is 3. The van der Waals surface area contributed by atoms with Crippen LogP contribution in [0.15, 0.2) is 54.3 Å². The number of amides is 2. The molecule has 42 heavy (non-hydrogen) atoms. The van der Waals surface area contributed by atoms with E-state index in [2.05, 4.69) is 10.6 Å². The monoisotopic (exact) mass is 622 g/mol. The van der Waals surface area contributed by atoms with E-state index in [4.69, 9.17) is 23.2 Å². The standard InChI is InChI=1S/C31H28Cl2F4N2O3/c32-22-6-4-16(17-5-7-23(33)24(34)14-17)13-19(22)26-27(41)30(39-28(26)42)12-8-18(31(35,36)37)15-21(30)20-3-1-2-10-29(20)11-9-25(40)38-29/h4-7,9,11,13-14,18,20-21,41H,1-3,8,10,12,15H2,(H,38,40)(H,39,42)/t18?,20?,21?,29-,30?/m0/s1. The fraction of sp³-hybridized carbons (Fsp3) is 0.419. The molecule has 2 saturated carbocycles. The minimum absolute atomic E-state index is 0.0558. The van der Waals surface area contributed by atoms with Crippen molar-refractivity contribution in [3.63, 3.8) is 0 Å². The molecule has 4 aliphatic rings. The van der Waals surface area contributed by atoms with E-state index < -0.39 is 46.7 Å². The van der Waals surface area contributed by atoms with Gasteiger partial charge in [-0.1, -0.05) is 54.3 Å². The normalized spacial score (nSPS) is 31.2. The van der Waals surface area contributed by atoms with Gasteiger partial charge in [0.15, 0.2) is 0 Å². The van der Waals surface area contributed by atoms with E-state index in [1.165, 1.54) is 24.3 Å². The largest absolute Gasteiger partial charge is 0.509 e. The molecule has 2 aliphatic heterocycles. The molecule has 0 bridgehead atoms. The molecule has 11 heteroatoms. The Hall–Kier alpha value is -3.04. The van der Waals surface area contributed by atoms with Crippen molar-refractivity contribution in [3.05, 3.63) is 75.7 Å². The molecule has 2 aromatic rings. The smallest absolute Gasteiger partial charge is 0.391 e. The third-order valence-corrected chi connectivity index (χ3v) is 10.3. The number of aliphatic hydroxyl groups excluding tert-OH is 1. The van der Waals surface area contributed by atoms with Gasteiger partial charge in [0, 0.05) is 16.7 Å². The third-order valence-electron chi connectivity index (χ3n) is 9.62. The first-order valence-corrected chi connectivity index (χ1v) is 14.7. The van der Waals surface area contributed by atoms with E-state index in [0.717, 1.165) is 12.8 Å². The van der Waals surface area contributed by atoms with E-state index in [1.54, 1.807) is 24.3 Å². The highest BCUT2D eigenvalue weighted by atomic mass is 35.5. The zero-order chi connectivity index (χ0) is 30.0. The van der Waals surface area contributed by atoms with Crippen molar-refractivity contribution >= 4 is 40.6 Å². The summed E-state index contributed by atoms with van der Waals surface area (Å²) < 4.78 is 56.6. The fourth-order valence-corrected chi connectivity index (χ4v) is 7.96. The van der Waals surface area contributed by atoms with Crippen molar-refractivity contribution in [2.45, 2.75) is 62.2 Å². The van der Waals surface area contributed by atoms with Crippen molar-refractivity contribution in [2.24, 2.45) is 17.8 Å². The summed E-state index contributed by atoms with van der Waals surface area (Å²) >= 11 is 12.4. The number of hydrogen-bond donors (Lipinski definition) is 3. The summed E-state index contributed by atoms with van der Waals surface area (Å²) in [7, 11) is 0. The maximum atomic E-state index is 14.2. The van der Waals surface area contributed by atoms with Crippen LogP contribution in [-0.2, 0) is 9.59 Å². The zero-order valence-electron chi connectivity index (χ0n) is 22.3. The van der Waals surface area contributed by atoms with Gasteiger partial charge in [0.05, 0.1) is 22.1 Å². The molecule has 6 rings (SSSR count). The second-order valence-electron chi connectivity index (χ2n) is 11.8. The third kappa shape index (κ3) is 4.69. The molecule has 3 N–H and O–H groups in total. The van der Waals surface area contributed by atoms with Gasteiger partial charge < -0.3 is 15.7 Å². The van der Waals surface area contributed by atoms with Gasteiger partial charge in [0.25, 0.3) is 5.91 Å². The predicted molar refractivity (Wildman–Crippen MR) is 151 cm³/mol. The molecule has 2 heterocycles. The summed E-state index contributed by atoms with van der Waals surface area (Å²) in [5, 5.41) is 17.9. The molecule has 2 aromatic carbocycles. The summed E-state index contributed by atoms with van der Waals surface area (Å²) in [6, 6.07) is 8.93. The summed E-state index contributed by atoms with van der Waals surface area (Å²) in [5.41, 5.74) is -1.32. The van der Waals surface area contributed by atoms with Crippen LogP contribution in [0.3, 0.4) is 0 Å². The van der Waals surface area contributed by atoms with E-state index in [0.29, 0.717) is 24.0 Å². The Kier molecular flexibility index (Phi) is 7.12. The zero-order valence-corrected chi connectivity index (χ0v) is 23.8. The molecule has 222 valence electrons. The van der Waals surface area contributed by atoms with Gasteiger partial charge >= 0.3 is 6.18 Å². The van der Waals surface area contributed by atoms with Gasteiger partial charge in [-0.25, -0.2) is 4.39 Å². The molecular formula is C31H28Cl2F4N2O3. The van der Waals surface area contributed by atoms with Crippen LogP contribution >= 0.6 is 23.2 Å². The molecule has 2 fully saturated rings. The minimum Gasteiger partial charge on any atom is -0.509 e. The van der Waals surface area contributed by atoms with Gasteiger partial charge in [-0.05, 0) is 79.3 Å². The first-order valence-electron chi connectivity index (χ1n) is 13.9. The lowest BCUT2D eigenvalue weighted by Gasteiger charge is -2.53. The Labute approximate surface area is 250 Å². The lowest BCUT2D eigenvalue weighted by molar-refractivity contribution is -0.194. The number of aliphatic hydroxyl groups is 1. The number of carbonyl (C=O) groups excluding carboxylic acids is 2. The number of benzene rings is 2. The Balaban J connectivity index is 1.47. The van der Waals surface area contributed by atoms with E-state index in [1.807, 2.05) is 0 Å². The van der Waals surface area contributed by atoms with Gasteiger partial charge in [-0.3, -0.25) is 9.59 Å². The first kappa shape index (κ1) is 29.1. The number of nitrogens with one attached hydrogen (secondary N) is 2. The van der Waals surface area contributed by atoms with E-state index in [9.17, 15) is 32.3 Å². The number of alkyl halides is 3. The quantitative estimate of drug-likeness (QED) is 0.310. The summed E-state index contributed by atoms with van der Waals surface area (Å²) in [5.74, 6) is -4.85. The Morgan fingerprint density at radius 3 is 2.29 bits per heavy atom. The van der Waals surface area contributed by atoms with E-state index in [-0.39, 0.29) is 52.1 Å². The van der Waals surface area contributed by atoms with Crippen LogP contribution in [-0.4, -0.2) is 34.2 Å². The van der Waals surface area contributed by atoms with Gasteiger partial charge in [-0.2, -0.15) is 13.2 Å². The Morgan fingerprint density at radius 2 is 1.62 bits per heavy atom. The lowest BCUT2D eigenvalue weighted by atomic mass is 9.56. The Morgan fingerprint density at radius 1 is 0.905 bits per heavy atom. The number of halogens is 6. The van der Waals surface area contributed by atoms with Crippen LogP contribution in [0.2, 0.25) is 10.0 Å². The van der Waals surface area contributed by atoms with Gasteiger partial charge in [-0.15, -0.1) is 0 Å². The SMILES string of the molecule is O=C1C=C[C@]2(CCCCC2C2CC(C(F)(F)F)CCC23NC(=O)C(c2cc(-c4ccc(Cl)c(F)c4)ccc2Cl)=C3O)N1. The van der Waals surface area contributed by atoms with E-state index >= 15 is 0 Å². The average Bonchev–Trinajstić information content (AvgIpc) is 3.42. The highest BCUT2D eigenvalue weighted by molar-refractivity contribution is 6.36. The fourth-order valence-electron chi connectivity index (χ4n) is 7.63. The molecule has 0 radical (unpaired) electrons. The highest BCUT2D eigenvalue weighted by Gasteiger charge is 2.62. The molecular weight excluding hydrogens is 595 g/mol. The Bertz CT molecular complexity index is 1540. The molecule has 5 nitrogen and oxygen atoms in total. The summed E-state index contributed by atoms with van der Waals surface area (Å²) in [6.45, 7) is 0. The highest BCUT2D eigenvalue weighted by Crippen LogP contribution is 2.57. The van der Waals surface area contributed by atoms with Crippen molar-refractivity contribution in [1.82, 2.24) is 10.6 Å². The molecule has 5 atom stereocenters. The van der Waals surface area contributed by atoms with Crippen LogP contribution in [0.25, 0.3) is 16.7 Å². The summed E-state index contributed by atoms with van der Waals surface area (Å²) in [6.07, 6.45) is 0.597. The summed E-state index contributed by atoms with van der Waals surface area (Å²) in [4.78, 5) is 26.0. The second-order valence-corrected chi connectivity index (χ2v) is 12.6. The topological polar surface area (TPSA) is 78.4 Å². The number of rotatable bonds is 3. The maximum Gasteiger partial charge on any atom is 0.391 e. The van der Waals surface area contributed by atoms with Crippen LogP contribution in [0.5, 0.6) is 0 Å². The van der Waals surface area contributed by atoms with Crippen LogP contribution in [0.1, 0.15) is 50.5 Å². The van der Waals surface area contributed by atoms with Crippen LogP contribution in [0.4, 0.5) is 17.6 Å². The molecule has 4 unspecified atom stereocenters. The molecule has 0 saturated heterocycles. The van der Waals surface area contributed by atoms with Crippen LogP contribution in [0, 0.1) is 23.6 Å². The van der Waals surface area contributed by atoms with Crippen molar-refractivity contribution < 1.29 is 32.3 Å². The average molecular weight is 623 g/mol. The predicted octanol–water partition coefficient (Wildman–Crippen LogP) is 7.53. The maximum absolute atomic E-state index is 14.2. The first-order chi connectivity index (χ1) is 19.8. The minimum atomic E-state index is -4.45. The van der Waals surface area contributed by atoms with Crippen molar-refractivity contribution in [2.75, 3.05) is 0 Å². The molecule has 2 aliphatic carbocycles. The van der Waals surface area contributed by atoms with Crippen molar-refractivity contribution in [1.29, 1.82) is 0 Å². The van der Waals surface area contributed by atoms with Gasteiger partial charge in [0.1, 0.15) is 17.1 Å². The molecule has 0 aromatic heterocycles.